The van der Waals surface area contributed by atoms with Crippen LogP contribution in [0.1, 0.15) is 33.1 Å². The molecule has 4 nitrogen and oxygen atoms in total. The quantitative estimate of drug-likeness (QED) is 0.794. The highest BCUT2D eigenvalue weighted by Gasteiger charge is 2.44. The average molecular weight is 260 g/mol. The number of hydrogen-bond donors (Lipinski definition) is 2. The second-order valence-electron chi connectivity index (χ2n) is 5.37. The van der Waals surface area contributed by atoms with Crippen molar-refractivity contribution >= 4 is 10.0 Å². The Kier molecular flexibility index (Phi) is 4.10. The summed E-state index contributed by atoms with van der Waals surface area (Å²) in [7, 11) is -3.10. The zero-order valence-corrected chi connectivity index (χ0v) is 11.6. The van der Waals surface area contributed by atoms with Crippen LogP contribution < -0.4 is 10.0 Å². The van der Waals surface area contributed by atoms with Crippen LogP contribution in [-0.4, -0.2) is 33.3 Å². The number of sulfonamides is 1. The van der Waals surface area contributed by atoms with Gasteiger partial charge in [-0.3, -0.25) is 0 Å². The van der Waals surface area contributed by atoms with Crippen LogP contribution in [0, 0.1) is 17.8 Å². The van der Waals surface area contributed by atoms with Gasteiger partial charge < -0.3 is 5.32 Å². The third-order valence-electron chi connectivity index (χ3n) is 4.41. The molecule has 0 saturated carbocycles. The molecule has 2 fully saturated rings. The van der Waals surface area contributed by atoms with E-state index in [1.165, 1.54) is 0 Å². The zero-order valence-electron chi connectivity index (χ0n) is 10.8. The summed E-state index contributed by atoms with van der Waals surface area (Å²) in [5.41, 5.74) is 0. The van der Waals surface area contributed by atoms with Gasteiger partial charge in [0, 0.05) is 6.54 Å². The van der Waals surface area contributed by atoms with Crippen molar-refractivity contribution in [2.45, 2.75) is 38.4 Å². The first-order valence-corrected chi connectivity index (χ1v) is 8.34. The first-order valence-electron chi connectivity index (χ1n) is 6.79. The molecule has 2 heterocycles. The van der Waals surface area contributed by atoms with Gasteiger partial charge in [0.2, 0.25) is 10.0 Å². The highest BCUT2D eigenvalue weighted by Crippen LogP contribution is 2.36. The molecule has 0 aromatic carbocycles. The molecule has 17 heavy (non-hydrogen) atoms. The lowest BCUT2D eigenvalue weighted by Crippen LogP contribution is -2.38. The Morgan fingerprint density at radius 3 is 2.59 bits per heavy atom. The van der Waals surface area contributed by atoms with E-state index in [9.17, 15) is 8.42 Å². The summed E-state index contributed by atoms with van der Waals surface area (Å²) in [4.78, 5) is 0. The van der Waals surface area contributed by atoms with Gasteiger partial charge in [-0.2, -0.15) is 0 Å². The minimum absolute atomic E-state index is 0.188. The van der Waals surface area contributed by atoms with E-state index in [-0.39, 0.29) is 5.25 Å². The van der Waals surface area contributed by atoms with Crippen LogP contribution in [0.25, 0.3) is 0 Å². The molecule has 2 aliphatic rings. The van der Waals surface area contributed by atoms with Crippen LogP contribution in [-0.2, 0) is 10.0 Å². The summed E-state index contributed by atoms with van der Waals surface area (Å²) in [6, 6.07) is 0. The first-order chi connectivity index (χ1) is 8.10. The van der Waals surface area contributed by atoms with E-state index in [0.29, 0.717) is 24.3 Å². The molecule has 0 aliphatic carbocycles. The molecule has 4 unspecified atom stereocenters. The van der Waals surface area contributed by atoms with Crippen LogP contribution in [0.4, 0.5) is 0 Å². The van der Waals surface area contributed by atoms with Crippen LogP contribution in [0.15, 0.2) is 0 Å². The first kappa shape index (κ1) is 13.3. The molecule has 0 bridgehead atoms. The topological polar surface area (TPSA) is 58.2 Å². The normalized spacial score (nSPS) is 40.8. The molecule has 2 saturated heterocycles. The highest BCUT2D eigenvalue weighted by atomic mass is 32.2. The molecule has 0 amide bonds. The maximum atomic E-state index is 12.3. The van der Waals surface area contributed by atoms with E-state index in [4.69, 9.17) is 0 Å². The van der Waals surface area contributed by atoms with Crippen LogP contribution >= 0.6 is 0 Å². The molecular formula is C12H24N2O2S. The van der Waals surface area contributed by atoms with Crippen molar-refractivity contribution in [1.29, 1.82) is 0 Å². The summed E-state index contributed by atoms with van der Waals surface area (Å²) in [5.74, 6) is 1.33. The van der Waals surface area contributed by atoms with Gasteiger partial charge in [-0.15, -0.1) is 0 Å². The molecule has 2 N–H and O–H groups in total. The van der Waals surface area contributed by atoms with Crippen molar-refractivity contribution in [3.05, 3.63) is 0 Å². The summed E-state index contributed by atoms with van der Waals surface area (Å²) in [6.07, 6.45) is 2.69. The molecular weight excluding hydrogens is 236 g/mol. The Bertz CT molecular complexity index is 356. The van der Waals surface area contributed by atoms with Crippen molar-refractivity contribution in [3.63, 3.8) is 0 Å². The van der Waals surface area contributed by atoms with Crippen molar-refractivity contribution in [2.75, 3.05) is 19.6 Å². The van der Waals surface area contributed by atoms with Crippen molar-refractivity contribution in [1.82, 2.24) is 10.0 Å². The minimum atomic E-state index is -3.10. The lowest BCUT2D eigenvalue weighted by Gasteiger charge is -2.29. The maximum Gasteiger partial charge on any atom is 0.214 e. The Labute approximate surface area is 105 Å². The summed E-state index contributed by atoms with van der Waals surface area (Å²) in [5, 5.41) is 3.22. The maximum absolute atomic E-state index is 12.3. The monoisotopic (exact) mass is 260 g/mol. The Morgan fingerprint density at radius 1 is 1.18 bits per heavy atom. The van der Waals surface area contributed by atoms with E-state index in [1.807, 2.05) is 0 Å². The smallest absolute Gasteiger partial charge is 0.214 e. The Hall–Kier alpha value is -0.130. The molecule has 0 radical (unpaired) electrons. The summed E-state index contributed by atoms with van der Waals surface area (Å²) < 4.78 is 27.3. The number of nitrogens with one attached hydrogen (secondary N) is 2. The fourth-order valence-corrected chi connectivity index (χ4v) is 5.59. The number of fused-ring (bicyclic) bond motifs is 1. The molecule has 0 aromatic rings. The molecule has 2 rings (SSSR count). The Morgan fingerprint density at radius 2 is 1.94 bits per heavy atom. The summed E-state index contributed by atoms with van der Waals surface area (Å²) >= 11 is 0. The molecule has 100 valence electrons. The largest absolute Gasteiger partial charge is 0.316 e. The minimum Gasteiger partial charge on any atom is -0.316 e. The number of hydrogen-bond acceptors (Lipinski definition) is 3. The summed E-state index contributed by atoms with van der Waals surface area (Å²) in [6.45, 7) is 6.76. The van der Waals surface area contributed by atoms with Crippen molar-refractivity contribution < 1.29 is 8.42 Å². The Balaban J connectivity index is 2.29. The van der Waals surface area contributed by atoms with E-state index in [1.54, 1.807) is 0 Å². The van der Waals surface area contributed by atoms with Gasteiger partial charge >= 0.3 is 0 Å². The van der Waals surface area contributed by atoms with E-state index in [0.717, 1.165) is 32.4 Å². The second kappa shape index (κ2) is 5.24. The third-order valence-corrected chi connectivity index (χ3v) is 6.36. The zero-order chi connectivity index (χ0) is 12.5. The molecule has 5 heteroatoms. The average Bonchev–Trinajstić information content (AvgIpc) is 2.71. The van der Waals surface area contributed by atoms with Gasteiger partial charge in [-0.25, -0.2) is 13.1 Å². The fourth-order valence-electron chi connectivity index (χ4n) is 3.53. The predicted molar refractivity (Wildman–Crippen MR) is 69.2 cm³/mol. The third kappa shape index (κ3) is 2.51. The van der Waals surface area contributed by atoms with Gasteiger partial charge in [0.25, 0.3) is 0 Å². The highest BCUT2D eigenvalue weighted by molar-refractivity contribution is 7.90. The van der Waals surface area contributed by atoms with Gasteiger partial charge in [-0.1, -0.05) is 26.7 Å². The lowest BCUT2D eigenvalue weighted by molar-refractivity contribution is 0.269. The predicted octanol–water partition coefficient (Wildman–Crippen LogP) is 0.950. The van der Waals surface area contributed by atoms with Gasteiger partial charge in [0.15, 0.2) is 0 Å². The van der Waals surface area contributed by atoms with E-state index >= 15 is 0 Å². The van der Waals surface area contributed by atoms with Crippen LogP contribution in [0.2, 0.25) is 0 Å². The van der Waals surface area contributed by atoms with Crippen molar-refractivity contribution in [3.8, 4) is 0 Å². The standard InChI is InChI=1S/C12H24N2O2S/c1-3-5-12-10(4-2)11-8-13-6-9(11)7-14-17(12,15)16/h9-14H,3-8H2,1-2H3. The van der Waals surface area contributed by atoms with E-state index < -0.39 is 10.0 Å². The van der Waals surface area contributed by atoms with Crippen LogP contribution in [0.3, 0.4) is 0 Å². The van der Waals surface area contributed by atoms with Gasteiger partial charge in [0.05, 0.1) is 5.25 Å². The number of rotatable bonds is 3. The molecule has 4 atom stereocenters. The molecule has 0 spiro atoms. The fraction of sp³-hybridized carbons (Fsp3) is 1.00. The van der Waals surface area contributed by atoms with E-state index in [2.05, 4.69) is 23.9 Å². The second-order valence-corrected chi connectivity index (χ2v) is 7.36. The SMILES string of the molecule is CCCC1C(CC)C2CNCC2CNS1(=O)=O. The van der Waals surface area contributed by atoms with Crippen LogP contribution in [0.5, 0.6) is 0 Å². The molecule has 0 aromatic heterocycles. The molecule has 2 aliphatic heterocycles. The van der Waals surface area contributed by atoms with Crippen molar-refractivity contribution in [2.24, 2.45) is 17.8 Å². The lowest BCUT2D eigenvalue weighted by atomic mass is 9.79. The van der Waals surface area contributed by atoms with Gasteiger partial charge in [-0.05, 0) is 37.3 Å². The van der Waals surface area contributed by atoms with Gasteiger partial charge in [0.1, 0.15) is 0 Å².